The maximum atomic E-state index is 6.13. The summed E-state index contributed by atoms with van der Waals surface area (Å²) in [4.78, 5) is 0. The summed E-state index contributed by atoms with van der Waals surface area (Å²) in [6.07, 6.45) is 2.11. The summed E-state index contributed by atoms with van der Waals surface area (Å²) in [6.45, 7) is 4.24. The van der Waals surface area contributed by atoms with Crippen LogP contribution in [0.2, 0.25) is 0 Å². The molecule has 1 aromatic carbocycles. The molecular weight excluding hydrogens is 186 g/mol. The Hall–Kier alpha value is -0.860. The standard InChI is InChI=1S/C13H21NO/c1-4-10-6-8-11(9-7-10)13(14)12(5-2)15-3/h6-9,12-13H,4-5,14H2,1-3H3. The van der Waals surface area contributed by atoms with Gasteiger partial charge in [0.15, 0.2) is 0 Å². The van der Waals surface area contributed by atoms with Crippen LogP contribution in [0.1, 0.15) is 37.4 Å². The molecule has 0 bridgehead atoms. The van der Waals surface area contributed by atoms with Crippen LogP contribution < -0.4 is 5.73 Å². The van der Waals surface area contributed by atoms with E-state index >= 15 is 0 Å². The minimum Gasteiger partial charge on any atom is -0.379 e. The Morgan fingerprint density at radius 1 is 1.20 bits per heavy atom. The van der Waals surface area contributed by atoms with Gasteiger partial charge in [-0.1, -0.05) is 38.1 Å². The maximum absolute atomic E-state index is 6.13. The fraction of sp³-hybridized carbons (Fsp3) is 0.538. The summed E-state index contributed by atoms with van der Waals surface area (Å²) < 4.78 is 5.35. The van der Waals surface area contributed by atoms with Gasteiger partial charge in [0.1, 0.15) is 0 Å². The first kappa shape index (κ1) is 12.2. The van der Waals surface area contributed by atoms with Crippen molar-refractivity contribution in [3.63, 3.8) is 0 Å². The van der Waals surface area contributed by atoms with Crippen molar-refractivity contribution < 1.29 is 4.74 Å². The van der Waals surface area contributed by atoms with E-state index in [2.05, 4.69) is 38.1 Å². The van der Waals surface area contributed by atoms with E-state index in [1.165, 1.54) is 5.56 Å². The number of methoxy groups -OCH3 is 1. The minimum absolute atomic E-state index is 0.0223. The van der Waals surface area contributed by atoms with Crippen molar-refractivity contribution in [3.05, 3.63) is 35.4 Å². The third-order valence-electron chi connectivity index (χ3n) is 2.88. The molecule has 0 fully saturated rings. The van der Waals surface area contributed by atoms with Crippen LogP contribution in [-0.2, 0) is 11.2 Å². The molecule has 2 unspecified atom stereocenters. The molecule has 0 aromatic heterocycles. The van der Waals surface area contributed by atoms with Crippen LogP contribution in [-0.4, -0.2) is 13.2 Å². The lowest BCUT2D eigenvalue weighted by molar-refractivity contribution is 0.0772. The number of aryl methyl sites for hydroxylation is 1. The predicted molar refractivity (Wildman–Crippen MR) is 63.8 cm³/mol. The van der Waals surface area contributed by atoms with E-state index < -0.39 is 0 Å². The van der Waals surface area contributed by atoms with Crippen molar-refractivity contribution in [1.82, 2.24) is 0 Å². The summed E-state index contributed by atoms with van der Waals surface area (Å²) >= 11 is 0. The van der Waals surface area contributed by atoms with E-state index in [1.54, 1.807) is 7.11 Å². The van der Waals surface area contributed by atoms with Gasteiger partial charge in [0.05, 0.1) is 12.1 Å². The zero-order valence-electron chi connectivity index (χ0n) is 9.86. The average Bonchev–Trinajstić information content (AvgIpc) is 2.30. The van der Waals surface area contributed by atoms with Gasteiger partial charge in [0.2, 0.25) is 0 Å². The van der Waals surface area contributed by atoms with Gasteiger partial charge in [-0.3, -0.25) is 0 Å². The zero-order chi connectivity index (χ0) is 11.3. The molecule has 1 aromatic rings. The molecule has 0 amide bonds. The highest BCUT2D eigenvalue weighted by atomic mass is 16.5. The van der Waals surface area contributed by atoms with E-state index in [-0.39, 0.29) is 12.1 Å². The van der Waals surface area contributed by atoms with Crippen molar-refractivity contribution in [2.45, 2.75) is 38.8 Å². The minimum atomic E-state index is -0.0223. The molecular formula is C13H21NO. The lowest BCUT2D eigenvalue weighted by Gasteiger charge is -2.21. The number of nitrogens with two attached hydrogens (primary N) is 1. The summed E-state index contributed by atoms with van der Waals surface area (Å²) in [5.41, 5.74) is 8.62. The van der Waals surface area contributed by atoms with E-state index in [0.29, 0.717) is 0 Å². The lowest BCUT2D eigenvalue weighted by Crippen LogP contribution is -2.27. The molecule has 84 valence electrons. The Balaban J connectivity index is 2.76. The Kier molecular flexibility index (Phi) is 4.79. The van der Waals surface area contributed by atoms with Crippen molar-refractivity contribution >= 4 is 0 Å². The molecule has 0 spiro atoms. The Labute approximate surface area is 92.4 Å². The number of hydrogen-bond donors (Lipinski definition) is 1. The largest absolute Gasteiger partial charge is 0.379 e. The molecule has 2 N–H and O–H groups in total. The van der Waals surface area contributed by atoms with Gasteiger partial charge in [-0.15, -0.1) is 0 Å². The third kappa shape index (κ3) is 3.05. The Morgan fingerprint density at radius 2 is 1.80 bits per heavy atom. The molecule has 0 heterocycles. The zero-order valence-corrected chi connectivity index (χ0v) is 9.86. The quantitative estimate of drug-likeness (QED) is 0.805. The van der Waals surface area contributed by atoms with Crippen LogP contribution in [0.4, 0.5) is 0 Å². The van der Waals surface area contributed by atoms with E-state index in [1.807, 2.05) is 0 Å². The number of rotatable bonds is 5. The smallest absolute Gasteiger partial charge is 0.0761 e. The Morgan fingerprint density at radius 3 is 2.20 bits per heavy atom. The molecule has 2 nitrogen and oxygen atoms in total. The van der Waals surface area contributed by atoms with Gasteiger partial charge in [-0.2, -0.15) is 0 Å². The fourth-order valence-electron chi connectivity index (χ4n) is 1.76. The topological polar surface area (TPSA) is 35.2 Å². The third-order valence-corrected chi connectivity index (χ3v) is 2.88. The molecule has 0 aliphatic rings. The second kappa shape index (κ2) is 5.89. The average molecular weight is 207 g/mol. The van der Waals surface area contributed by atoms with Crippen LogP contribution in [0, 0.1) is 0 Å². The second-order valence-corrected chi connectivity index (χ2v) is 3.80. The highest BCUT2D eigenvalue weighted by Gasteiger charge is 2.16. The number of benzene rings is 1. The SMILES string of the molecule is CCc1ccc(C(N)C(CC)OC)cc1. The first-order valence-corrected chi connectivity index (χ1v) is 5.60. The van der Waals surface area contributed by atoms with Gasteiger partial charge >= 0.3 is 0 Å². The van der Waals surface area contributed by atoms with Crippen molar-refractivity contribution in [3.8, 4) is 0 Å². The molecule has 2 heteroatoms. The van der Waals surface area contributed by atoms with Crippen LogP contribution in [0.5, 0.6) is 0 Å². The Bertz CT molecular complexity index is 277. The number of ether oxygens (including phenoxy) is 1. The van der Waals surface area contributed by atoms with E-state index in [9.17, 15) is 0 Å². The monoisotopic (exact) mass is 207 g/mol. The van der Waals surface area contributed by atoms with Gasteiger partial charge in [-0.25, -0.2) is 0 Å². The van der Waals surface area contributed by atoms with Gasteiger partial charge in [0.25, 0.3) is 0 Å². The normalized spacial score (nSPS) is 14.9. The summed E-state index contributed by atoms with van der Waals surface area (Å²) in [7, 11) is 1.72. The molecule has 0 saturated carbocycles. The summed E-state index contributed by atoms with van der Waals surface area (Å²) in [6, 6.07) is 8.46. The van der Waals surface area contributed by atoms with Crippen LogP contribution in [0.15, 0.2) is 24.3 Å². The first-order chi connectivity index (χ1) is 7.22. The molecule has 0 aliphatic heterocycles. The molecule has 2 atom stereocenters. The fourth-order valence-corrected chi connectivity index (χ4v) is 1.76. The van der Waals surface area contributed by atoms with Crippen molar-refractivity contribution in [1.29, 1.82) is 0 Å². The van der Waals surface area contributed by atoms with Gasteiger partial charge in [-0.05, 0) is 24.0 Å². The second-order valence-electron chi connectivity index (χ2n) is 3.80. The number of hydrogen-bond acceptors (Lipinski definition) is 2. The van der Waals surface area contributed by atoms with Gasteiger partial charge < -0.3 is 10.5 Å². The maximum Gasteiger partial charge on any atom is 0.0761 e. The van der Waals surface area contributed by atoms with Crippen molar-refractivity contribution in [2.75, 3.05) is 7.11 Å². The molecule has 0 aliphatic carbocycles. The molecule has 1 rings (SSSR count). The molecule has 0 radical (unpaired) electrons. The highest BCUT2D eigenvalue weighted by molar-refractivity contribution is 5.25. The molecule has 0 saturated heterocycles. The summed E-state index contributed by atoms with van der Waals surface area (Å²) in [5.74, 6) is 0. The highest BCUT2D eigenvalue weighted by Crippen LogP contribution is 2.19. The summed E-state index contributed by atoms with van der Waals surface area (Å²) in [5, 5.41) is 0. The lowest BCUT2D eigenvalue weighted by atomic mass is 9.99. The van der Waals surface area contributed by atoms with Crippen LogP contribution >= 0.6 is 0 Å². The van der Waals surface area contributed by atoms with Gasteiger partial charge in [0, 0.05) is 7.11 Å². The van der Waals surface area contributed by atoms with E-state index in [4.69, 9.17) is 10.5 Å². The van der Waals surface area contributed by atoms with Crippen LogP contribution in [0.3, 0.4) is 0 Å². The molecule has 15 heavy (non-hydrogen) atoms. The first-order valence-electron chi connectivity index (χ1n) is 5.60. The van der Waals surface area contributed by atoms with Crippen molar-refractivity contribution in [2.24, 2.45) is 5.73 Å². The predicted octanol–water partition coefficient (Wildman–Crippen LogP) is 2.67. The van der Waals surface area contributed by atoms with Crippen LogP contribution in [0.25, 0.3) is 0 Å². The van der Waals surface area contributed by atoms with E-state index in [0.717, 1.165) is 18.4 Å².